The SMILES string of the molecule is CC(C)(C)OC(=O)N1CCN(CC2(N)CCCCC2)CC1. The molecule has 2 N–H and O–H groups in total. The highest BCUT2D eigenvalue weighted by Gasteiger charge is 2.32. The van der Waals surface area contributed by atoms with Crippen molar-refractivity contribution in [3.63, 3.8) is 0 Å². The van der Waals surface area contributed by atoms with Crippen LogP contribution in [0.3, 0.4) is 0 Å². The molecule has 0 atom stereocenters. The first-order valence-electron chi connectivity index (χ1n) is 8.27. The molecule has 21 heavy (non-hydrogen) atoms. The zero-order valence-electron chi connectivity index (χ0n) is 13.9. The van der Waals surface area contributed by atoms with Crippen molar-refractivity contribution in [3.05, 3.63) is 0 Å². The monoisotopic (exact) mass is 297 g/mol. The lowest BCUT2D eigenvalue weighted by Gasteiger charge is -2.41. The fraction of sp³-hybridized carbons (Fsp3) is 0.938. The van der Waals surface area contributed by atoms with Crippen LogP contribution in [0.25, 0.3) is 0 Å². The van der Waals surface area contributed by atoms with Crippen molar-refractivity contribution in [2.45, 2.75) is 64.0 Å². The van der Waals surface area contributed by atoms with Crippen molar-refractivity contribution in [1.29, 1.82) is 0 Å². The number of piperazine rings is 1. The summed E-state index contributed by atoms with van der Waals surface area (Å²) in [5.74, 6) is 0. The van der Waals surface area contributed by atoms with E-state index in [-0.39, 0.29) is 11.6 Å². The predicted molar refractivity (Wildman–Crippen MR) is 84.3 cm³/mol. The van der Waals surface area contributed by atoms with E-state index in [4.69, 9.17) is 10.5 Å². The van der Waals surface area contributed by atoms with Gasteiger partial charge in [-0.1, -0.05) is 19.3 Å². The fourth-order valence-electron chi connectivity index (χ4n) is 3.27. The van der Waals surface area contributed by atoms with E-state index in [0.717, 1.165) is 45.6 Å². The molecule has 122 valence electrons. The largest absolute Gasteiger partial charge is 0.444 e. The third kappa shape index (κ3) is 5.15. The standard InChI is InChI=1S/C16H31N3O2/c1-15(2,3)21-14(20)19-11-9-18(10-12-19)13-16(17)7-5-4-6-8-16/h4-13,17H2,1-3H3. The second-order valence-electron chi connectivity index (χ2n) is 7.67. The van der Waals surface area contributed by atoms with Gasteiger partial charge in [0.2, 0.25) is 0 Å². The summed E-state index contributed by atoms with van der Waals surface area (Å²) in [6.07, 6.45) is 5.93. The van der Waals surface area contributed by atoms with Crippen LogP contribution < -0.4 is 5.73 Å². The van der Waals surface area contributed by atoms with Gasteiger partial charge in [0.15, 0.2) is 0 Å². The summed E-state index contributed by atoms with van der Waals surface area (Å²) < 4.78 is 5.43. The van der Waals surface area contributed by atoms with Crippen LogP contribution in [-0.2, 0) is 4.74 Å². The Kier molecular flexibility index (Phi) is 5.15. The van der Waals surface area contributed by atoms with Gasteiger partial charge >= 0.3 is 6.09 Å². The number of nitrogens with zero attached hydrogens (tertiary/aromatic N) is 2. The lowest BCUT2D eigenvalue weighted by Crippen LogP contribution is -2.57. The summed E-state index contributed by atoms with van der Waals surface area (Å²) in [5, 5.41) is 0. The molecule has 0 bridgehead atoms. The number of hydrogen-bond acceptors (Lipinski definition) is 4. The molecule has 5 heteroatoms. The van der Waals surface area contributed by atoms with Gasteiger partial charge in [0.1, 0.15) is 5.60 Å². The second-order valence-corrected chi connectivity index (χ2v) is 7.67. The average Bonchev–Trinajstić information content (AvgIpc) is 2.38. The van der Waals surface area contributed by atoms with E-state index in [1.54, 1.807) is 0 Å². The Morgan fingerprint density at radius 1 is 1.10 bits per heavy atom. The molecule has 0 spiro atoms. The first-order chi connectivity index (χ1) is 9.77. The maximum absolute atomic E-state index is 12.0. The molecule has 2 aliphatic rings. The molecule has 1 amide bonds. The second kappa shape index (κ2) is 6.53. The Labute approximate surface area is 128 Å². The van der Waals surface area contributed by atoms with Crippen molar-refractivity contribution >= 4 is 6.09 Å². The van der Waals surface area contributed by atoms with E-state index >= 15 is 0 Å². The van der Waals surface area contributed by atoms with Crippen LogP contribution in [0.2, 0.25) is 0 Å². The van der Waals surface area contributed by atoms with Crippen molar-refractivity contribution in [3.8, 4) is 0 Å². The van der Waals surface area contributed by atoms with Gasteiger partial charge in [0, 0.05) is 38.3 Å². The summed E-state index contributed by atoms with van der Waals surface area (Å²) in [7, 11) is 0. The van der Waals surface area contributed by atoms with Gasteiger partial charge in [0.05, 0.1) is 0 Å². The molecule has 1 heterocycles. The molecule has 1 aliphatic carbocycles. The van der Waals surface area contributed by atoms with E-state index < -0.39 is 5.60 Å². The van der Waals surface area contributed by atoms with Crippen LogP contribution in [0.4, 0.5) is 4.79 Å². The van der Waals surface area contributed by atoms with E-state index in [0.29, 0.717) is 0 Å². The Morgan fingerprint density at radius 2 is 1.67 bits per heavy atom. The minimum absolute atomic E-state index is 0.00760. The summed E-state index contributed by atoms with van der Waals surface area (Å²) in [4.78, 5) is 16.3. The maximum Gasteiger partial charge on any atom is 0.410 e. The van der Waals surface area contributed by atoms with Crippen molar-refractivity contribution in [2.24, 2.45) is 5.73 Å². The molecule has 2 fully saturated rings. The van der Waals surface area contributed by atoms with Crippen LogP contribution in [0.1, 0.15) is 52.9 Å². The summed E-state index contributed by atoms with van der Waals surface area (Å²) >= 11 is 0. The average molecular weight is 297 g/mol. The van der Waals surface area contributed by atoms with Gasteiger partial charge in [-0.05, 0) is 33.6 Å². The maximum atomic E-state index is 12.0. The highest BCUT2D eigenvalue weighted by molar-refractivity contribution is 5.68. The van der Waals surface area contributed by atoms with Crippen molar-refractivity contribution < 1.29 is 9.53 Å². The number of nitrogens with two attached hydrogens (primary N) is 1. The van der Waals surface area contributed by atoms with Crippen molar-refractivity contribution in [2.75, 3.05) is 32.7 Å². The fourth-order valence-corrected chi connectivity index (χ4v) is 3.27. The summed E-state index contributed by atoms with van der Waals surface area (Å²) in [5.41, 5.74) is 6.09. The highest BCUT2D eigenvalue weighted by Crippen LogP contribution is 2.27. The van der Waals surface area contributed by atoms with Crippen LogP contribution in [0.15, 0.2) is 0 Å². The number of amides is 1. The van der Waals surface area contributed by atoms with Gasteiger partial charge < -0.3 is 15.4 Å². The third-order valence-corrected chi connectivity index (χ3v) is 4.41. The van der Waals surface area contributed by atoms with Crippen LogP contribution in [0, 0.1) is 0 Å². The molecule has 0 radical (unpaired) electrons. The topological polar surface area (TPSA) is 58.8 Å². The number of hydrogen-bond donors (Lipinski definition) is 1. The number of ether oxygens (including phenoxy) is 1. The van der Waals surface area contributed by atoms with Crippen LogP contribution in [0.5, 0.6) is 0 Å². The Hall–Kier alpha value is -0.810. The third-order valence-electron chi connectivity index (χ3n) is 4.41. The summed E-state index contributed by atoms with van der Waals surface area (Å²) in [6, 6.07) is 0. The van der Waals surface area contributed by atoms with Gasteiger partial charge in [0.25, 0.3) is 0 Å². The predicted octanol–water partition coefficient (Wildman–Crippen LogP) is 2.20. The smallest absolute Gasteiger partial charge is 0.410 e. The van der Waals surface area contributed by atoms with E-state index in [9.17, 15) is 4.79 Å². The quantitative estimate of drug-likeness (QED) is 0.849. The molecule has 0 aromatic rings. The van der Waals surface area contributed by atoms with Crippen molar-refractivity contribution in [1.82, 2.24) is 9.80 Å². The van der Waals surface area contributed by atoms with Gasteiger partial charge in [-0.2, -0.15) is 0 Å². The first kappa shape index (κ1) is 16.6. The van der Waals surface area contributed by atoms with Gasteiger partial charge in [-0.25, -0.2) is 4.79 Å². The normalized spacial score (nSPS) is 23.9. The lowest BCUT2D eigenvalue weighted by atomic mass is 9.82. The molecule has 5 nitrogen and oxygen atoms in total. The first-order valence-corrected chi connectivity index (χ1v) is 8.27. The molecule has 2 rings (SSSR count). The van der Waals surface area contributed by atoms with Gasteiger partial charge in [-0.3, -0.25) is 4.90 Å². The van der Waals surface area contributed by atoms with E-state index in [2.05, 4.69) is 4.90 Å². The Bertz CT molecular complexity index is 351. The lowest BCUT2D eigenvalue weighted by molar-refractivity contribution is 0.0121. The molecule has 1 saturated carbocycles. The number of carbonyl (C=O) groups excluding carboxylic acids is 1. The molecule has 0 aromatic carbocycles. The highest BCUT2D eigenvalue weighted by atomic mass is 16.6. The Morgan fingerprint density at radius 3 is 2.19 bits per heavy atom. The molecule has 0 unspecified atom stereocenters. The van der Waals surface area contributed by atoms with E-state index in [1.807, 2.05) is 25.7 Å². The molecule has 0 aromatic heterocycles. The van der Waals surface area contributed by atoms with Crippen LogP contribution in [-0.4, -0.2) is 59.8 Å². The van der Waals surface area contributed by atoms with Crippen LogP contribution >= 0.6 is 0 Å². The number of carbonyl (C=O) groups is 1. The van der Waals surface area contributed by atoms with E-state index in [1.165, 1.54) is 19.3 Å². The zero-order chi connectivity index (χ0) is 15.5. The molecular weight excluding hydrogens is 266 g/mol. The van der Waals surface area contributed by atoms with Gasteiger partial charge in [-0.15, -0.1) is 0 Å². The number of rotatable bonds is 2. The zero-order valence-corrected chi connectivity index (χ0v) is 13.9. The Balaban J connectivity index is 1.76. The minimum atomic E-state index is -0.419. The molecular formula is C16H31N3O2. The molecule has 1 saturated heterocycles. The minimum Gasteiger partial charge on any atom is -0.444 e. The summed E-state index contributed by atoms with van der Waals surface area (Å²) in [6.45, 7) is 9.97. The molecule has 1 aliphatic heterocycles.